The number of rotatable bonds is 5. The summed E-state index contributed by atoms with van der Waals surface area (Å²) in [4.78, 5) is 0. The molecule has 0 aliphatic carbocycles. The minimum Gasteiger partial charge on any atom is -0.309 e. The molecule has 0 atom stereocenters. The lowest BCUT2D eigenvalue weighted by Crippen LogP contribution is -1.95. The van der Waals surface area contributed by atoms with Gasteiger partial charge in [-0.25, -0.2) is 0 Å². The summed E-state index contributed by atoms with van der Waals surface area (Å²) in [7, 11) is 0. The summed E-state index contributed by atoms with van der Waals surface area (Å²) in [5.41, 5.74) is 11.1. The predicted molar refractivity (Wildman–Crippen MR) is 244 cm³/mol. The molecule has 2 nitrogen and oxygen atoms in total. The highest BCUT2D eigenvalue weighted by Gasteiger charge is 2.18. The fourth-order valence-electron chi connectivity index (χ4n) is 8.75. The van der Waals surface area contributed by atoms with E-state index in [0.717, 1.165) is 77.2 Å². The van der Waals surface area contributed by atoms with Gasteiger partial charge < -0.3 is 9.13 Å². The van der Waals surface area contributed by atoms with Crippen molar-refractivity contribution in [2.75, 3.05) is 0 Å². The summed E-state index contributed by atoms with van der Waals surface area (Å²) in [5, 5.41) is 6.20. The van der Waals surface area contributed by atoms with Crippen molar-refractivity contribution >= 4 is 75.1 Å². The molecular formula is C54H34N2S. The highest BCUT2D eigenvalue weighted by Crippen LogP contribution is 2.41. The van der Waals surface area contributed by atoms with E-state index in [0.29, 0.717) is 11.1 Å². The van der Waals surface area contributed by atoms with E-state index in [1.807, 2.05) is 30.3 Å². The third-order valence-electron chi connectivity index (χ3n) is 11.4. The van der Waals surface area contributed by atoms with Gasteiger partial charge in [0.25, 0.3) is 0 Å². The van der Waals surface area contributed by atoms with Gasteiger partial charge in [0.15, 0.2) is 0 Å². The number of benzene rings is 9. The highest BCUT2D eigenvalue weighted by atomic mass is 32.1. The molecule has 0 bridgehead atoms. The Morgan fingerprint density at radius 1 is 0.316 bits per heavy atom. The zero-order valence-electron chi connectivity index (χ0n) is 33.7. The largest absolute Gasteiger partial charge is 0.309 e. The minimum absolute atomic E-state index is 0.213. The number of fused-ring (bicyclic) bond motifs is 9. The van der Waals surface area contributed by atoms with Gasteiger partial charge >= 0.3 is 0 Å². The lowest BCUT2D eigenvalue weighted by Gasteiger charge is -2.12. The van der Waals surface area contributed by atoms with Gasteiger partial charge in [-0.1, -0.05) is 133 Å². The van der Waals surface area contributed by atoms with E-state index < -0.39 is 0 Å². The normalized spacial score (nSPS) is 12.6. The Labute approximate surface area is 338 Å². The molecule has 3 heteroatoms. The smallest absolute Gasteiger partial charge is 0.0637 e. The molecule has 0 fully saturated rings. The summed E-state index contributed by atoms with van der Waals surface area (Å²) in [5.74, 6) is 0. The number of aromatic nitrogens is 2. The maximum atomic E-state index is 9.98. The van der Waals surface area contributed by atoms with Gasteiger partial charge in [0, 0.05) is 53.1 Å². The molecule has 12 aromatic rings. The lowest BCUT2D eigenvalue weighted by molar-refractivity contribution is 1.18. The molecule has 12 rings (SSSR count). The van der Waals surface area contributed by atoms with Crippen LogP contribution in [0.15, 0.2) is 206 Å². The first-order valence-corrected chi connectivity index (χ1v) is 20.1. The van der Waals surface area contributed by atoms with Gasteiger partial charge in [-0.05, 0) is 106 Å². The summed E-state index contributed by atoms with van der Waals surface area (Å²) >= 11 is 1.80. The first-order valence-electron chi connectivity index (χ1n) is 20.8. The maximum absolute atomic E-state index is 9.98. The monoisotopic (exact) mass is 745 g/mol. The molecule has 0 unspecified atom stereocenters. The van der Waals surface area contributed by atoms with E-state index in [9.17, 15) is 4.11 Å². The molecule has 57 heavy (non-hydrogen) atoms. The summed E-state index contributed by atoms with van der Waals surface area (Å²) in [6, 6.07) is 65.9. The number of nitrogens with zero attached hydrogens (tertiary/aromatic N) is 2. The van der Waals surface area contributed by atoms with Crippen LogP contribution in [0.5, 0.6) is 0 Å². The van der Waals surface area contributed by atoms with Gasteiger partial charge in [-0.15, -0.1) is 11.3 Å². The highest BCUT2D eigenvalue weighted by molar-refractivity contribution is 7.25. The summed E-state index contributed by atoms with van der Waals surface area (Å²) in [6.07, 6.45) is 0. The van der Waals surface area contributed by atoms with Crippen LogP contribution in [0.2, 0.25) is 0 Å². The van der Waals surface area contributed by atoms with Crippen molar-refractivity contribution in [3.05, 3.63) is 206 Å². The van der Waals surface area contributed by atoms with E-state index >= 15 is 0 Å². The van der Waals surface area contributed by atoms with Gasteiger partial charge in [0.1, 0.15) is 0 Å². The van der Waals surface area contributed by atoms with Crippen LogP contribution in [0.25, 0.3) is 109 Å². The quantitative estimate of drug-likeness (QED) is 0.166. The van der Waals surface area contributed by atoms with E-state index in [-0.39, 0.29) is 18.1 Å². The second-order valence-electron chi connectivity index (χ2n) is 14.7. The van der Waals surface area contributed by atoms with Crippen molar-refractivity contribution in [1.82, 2.24) is 9.13 Å². The average Bonchev–Trinajstić information content (AvgIpc) is 3.93. The maximum Gasteiger partial charge on any atom is 0.0637 e. The Hall–Kier alpha value is -7.20. The van der Waals surface area contributed by atoms with Crippen LogP contribution >= 0.6 is 11.3 Å². The van der Waals surface area contributed by atoms with Gasteiger partial charge in [0.2, 0.25) is 0 Å². The molecule has 3 heterocycles. The standard InChI is InChI=1S/C54H34N2S/c1-3-12-35(13-4-1)37-16-11-17-41(30-37)56-51-28-24-39(32-47(51)44-26-22-40(33-52(44)56)36-14-5-2-6-15-36)38-23-27-50-46(31-38)43-18-7-9-20-49(43)55(50)42-25-29-54-48(34-42)45-19-8-10-21-53(45)57-54/h1-34H/i23D,24D,32D. The Balaban J connectivity index is 1.09. The van der Waals surface area contributed by atoms with Gasteiger partial charge in [-0.3, -0.25) is 0 Å². The lowest BCUT2D eigenvalue weighted by atomic mass is 9.99. The van der Waals surface area contributed by atoms with Crippen LogP contribution in [0.4, 0.5) is 0 Å². The fourth-order valence-corrected chi connectivity index (χ4v) is 9.84. The molecule has 266 valence electrons. The Morgan fingerprint density at radius 3 is 1.74 bits per heavy atom. The third-order valence-corrected chi connectivity index (χ3v) is 12.6. The number of thiophene rings is 1. The summed E-state index contributed by atoms with van der Waals surface area (Å²) < 4.78 is 36.2. The van der Waals surface area contributed by atoms with Crippen molar-refractivity contribution in [3.63, 3.8) is 0 Å². The van der Waals surface area contributed by atoms with Crippen LogP contribution in [-0.4, -0.2) is 9.13 Å². The second-order valence-corrected chi connectivity index (χ2v) is 15.8. The predicted octanol–water partition coefficient (Wildman–Crippen LogP) is 15.2. The van der Waals surface area contributed by atoms with Gasteiger partial charge in [0.05, 0.1) is 26.2 Å². The zero-order chi connectivity index (χ0) is 40.1. The fraction of sp³-hybridized carbons (Fsp3) is 0. The van der Waals surface area contributed by atoms with Crippen LogP contribution in [0.3, 0.4) is 0 Å². The molecule has 0 spiro atoms. The first kappa shape index (κ1) is 29.1. The molecule has 0 saturated heterocycles. The van der Waals surface area contributed by atoms with Crippen molar-refractivity contribution in [2.24, 2.45) is 0 Å². The zero-order valence-corrected chi connectivity index (χ0v) is 31.5. The Kier molecular flexibility index (Phi) is 6.48. The molecule has 0 N–H and O–H groups in total. The molecular weight excluding hydrogens is 709 g/mol. The molecule has 0 radical (unpaired) electrons. The van der Waals surface area contributed by atoms with Crippen LogP contribution in [0.1, 0.15) is 4.11 Å². The first-order chi connectivity index (χ1) is 29.5. The Bertz CT molecular complexity index is 3690. The van der Waals surface area contributed by atoms with E-state index in [1.165, 1.54) is 20.2 Å². The molecule has 0 saturated carbocycles. The molecule has 0 aliphatic rings. The second kappa shape index (κ2) is 12.7. The topological polar surface area (TPSA) is 9.86 Å². The number of para-hydroxylation sites is 1. The molecule has 0 amide bonds. The Morgan fingerprint density at radius 2 is 0.912 bits per heavy atom. The van der Waals surface area contributed by atoms with Crippen molar-refractivity contribution < 1.29 is 4.11 Å². The van der Waals surface area contributed by atoms with Crippen LogP contribution in [-0.2, 0) is 0 Å². The van der Waals surface area contributed by atoms with E-state index in [1.54, 1.807) is 11.3 Å². The minimum atomic E-state index is 0.213. The molecule has 9 aromatic carbocycles. The van der Waals surface area contributed by atoms with Crippen LogP contribution < -0.4 is 0 Å². The third kappa shape index (κ3) is 5.10. The van der Waals surface area contributed by atoms with Crippen LogP contribution in [0, 0.1) is 0 Å². The van der Waals surface area contributed by atoms with Gasteiger partial charge in [-0.2, -0.15) is 0 Å². The van der Waals surface area contributed by atoms with E-state index in [2.05, 4.69) is 167 Å². The number of hydrogen-bond donors (Lipinski definition) is 0. The van der Waals surface area contributed by atoms with Crippen molar-refractivity contribution in [3.8, 4) is 44.8 Å². The molecule has 3 aromatic heterocycles. The molecule has 0 aliphatic heterocycles. The number of hydrogen-bond acceptors (Lipinski definition) is 1. The summed E-state index contributed by atoms with van der Waals surface area (Å²) in [6.45, 7) is 0. The SMILES string of the molecule is [2H]c1cc2c(cc1-c1c([2H])cc3c(c1[2H])c1ccc(-c4ccccc4)cc1n3-c1cccc(-c3ccccc3)c1)c1ccccc1n2-c1ccc2sc3ccccc3c2c1. The van der Waals surface area contributed by atoms with Crippen molar-refractivity contribution in [2.45, 2.75) is 0 Å². The average molecular weight is 746 g/mol. The van der Waals surface area contributed by atoms with Crippen molar-refractivity contribution in [1.29, 1.82) is 0 Å². The van der Waals surface area contributed by atoms with E-state index in [4.69, 9.17) is 0 Å².